The number of benzene rings is 3. The molecular formula is C23H22O2. The Kier molecular flexibility index (Phi) is 4.54. The SMILES string of the molecule is CC(C)(C)c1ccc(C(=O)CC(=O)c2ccc3ccccc3c2)cc1. The molecule has 0 spiro atoms. The van der Waals surface area contributed by atoms with Crippen LogP contribution in [0.25, 0.3) is 10.8 Å². The summed E-state index contributed by atoms with van der Waals surface area (Å²) in [6.07, 6.45) is -0.104. The summed E-state index contributed by atoms with van der Waals surface area (Å²) in [5.41, 5.74) is 2.38. The van der Waals surface area contributed by atoms with Crippen LogP contribution in [0.5, 0.6) is 0 Å². The third-order valence-electron chi connectivity index (χ3n) is 4.47. The molecule has 0 N–H and O–H groups in total. The van der Waals surface area contributed by atoms with Crippen molar-refractivity contribution >= 4 is 22.3 Å². The molecule has 0 aliphatic carbocycles. The maximum absolute atomic E-state index is 12.5. The molecule has 0 aromatic heterocycles. The minimum absolute atomic E-state index is 0.0441. The second kappa shape index (κ2) is 6.64. The summed E-state index contributed by atoms with van der Waals surface area (Å²) in [6, 6.07) is 21.0. The maximum atomic E-state index is 12.5. The van der Waals surface area contributed by atoms with E-state index in [2.05, 4.69) is 20.8 Å². The zero-order valence-electron chi connectivity index (χ0n) is 14.9. The molecule has 25 heavy (non-hydrogen) atoms. The molecule has 0 heterocycles. The quantitative estimate of drug-likeness (QED) is 0.461. The summed E-state index contributed by atoms with van der Waals surface area (Å²) in [5, 5.41) is 2.10. The van der Waals surface area contributed by atoms with Gasteiger partial charge in [0, 0.05) is 11.1 Å². The van der Waals surface area contributed by atoms with Crippen molar-refractivity contribution in [2.75, 3.05) is 0 Å². The van der Waals surface area contributed by atoms with E-state index in [1.165, 1.54) is 5.56 Å². The highest BCUT2D eigenvalue weighted by Gasteiger charge is 2.17. The molecule has 0 unspecified atom stereocenters. The molecule has 0 atom stereocenters. The van der Waals surface area contributed by atoms with Crippen LogP contribution in [0.1, 0.15) is 53.5 Å². The van der Waals surface area contributed by atoms with Gasteiger partial charge in [0.05, 0.1) is 6.42 Å². The van der Waals surface area contributed by atoms with E-state index in [0.29, 0.717) is 11.1 Å². The predicted molar refractivity (Wildman–Crippen MR) is 102 cm³/mol. The predicted octanol–water partition coefficient (Wildman–Crippen LogP) is 5.59. The molecule has 126 valence electrons. The Morgan fingerprint density at radius 3 is 1.92 bits per heavy atom. The first kappa shape index (κ1) is 17.1. The Hall–Kier alpha value is -2.74. The first-order valence-electron chi connectivity index (χ1n) is 8.50. The number of Topliss-reactive ketones (excluding diaryl/α,β-unsaturated/α-hetero) is 2. The smallest absolute Gasteiger partial charge is 0.170 e. The number of hydrogen-bond acceptors (Lipinski definition) is 2. The second-order valence-corrected chi connectivity index (χ2v) is 7.41. The van der Waals surface area contributed by atoms with E-state index in [4.69, 9.17) is 0 Å². The fourth-order valence-corrected chi connectivity index (χ4v) is 2.87. The molecule has 0 amide bonds. The van der Waals surface area contributed by atoms with Crippen molar-refractivity contribution < 1.29 is 9.59 Å². The summed E-state index contributed by atoms with van der Waals surface area (Å²) < 4.78 is 0. The van der Waals surface area contributed by atoms with E-state index >= 15 is 0 Å². The van der Waals surface area contributed by atoms with Crippen LogP contribution in [0, 0.1) is 0 Å². The van der Waals surface area contributed by atoms with Crippen molar-refractivity contribution in [3.05, 3.63) is 83.4 Å². The van der Waals surface area contributed by atoms with Gasteiger partial charge in [-0.05, 0) is 27.8 Å². The van der Waals surface area contributed by atoms with E-state index < -0.39 is 0 Å². The van der Waals surface area contributed by atoms with Crippen LogP contribution < -0.4 is 0 Å². The lowest BCUT2D eigenvalue weighted by Gasteiger charge is -2.18. The van der Waals surface area contributed by atoms with Crippen LogP contribution >= 0.6 is 0 Å². The summed E-state index contributed by atoms with van der Waals surface area (Å²) >= 11 is 0. The highest BCUT2D eigenvalue weighted by molar-refractivity contribution is 6.14. The molecule has 0 aliphatic rings. The van der Waals surface area contributed by atoms with Gasteiger partial charge in [-0.15, -0.1) is 0 Å². The van der Waals surface area contributed by atoms with Gasteiger partial charge in [-0.25, -0.2) is 0 Å². The minimum atomic E-state index is -0.143. The molecule has 2 nitrogen and oxygen atoms in total. The van der Waals surface area contributed by atoms with Crippen molar-refractivity contribution in [1.29, 1.82) is 0 Å². The Labute approximate surface area is 148 Å². The molecule has 0 radical (unpaired) electrons. The molecule has 0 aliphatic heterocycles. The summed E-state index contributed by atoms with van der Waals surface area (Å²) in [7, 11) is 0. The molecule has 0 saturated carbocycles. The van der Waals surface area contributed by atoms with Crippen molar-refractivity contribution in [1.82, 2.24) is 0 Å². The maximum Gasteiger partial charge on any atom is 0.170 e. The van der Waals surface area contributed by atoms with Gasteiger partial charge in [-0.3, -0.25) is 9.59 Å². The number of ketones is 2. The van der Waals surface area contributed by atoms with Crippen LogP contribution in [0.3, 0.4) is 0 Å². The molecule has 0 fully saturated rings. The first-order valence-corrected chi connectivity index (χ1v) is 8.50. The number of rotatable bonds is 4. The molecule has 2 heteroatoms. The van der Waals surface area contributed by atoms with Crippen LogP contribution in [-0.2, 0) is 5.41 Å². The van der Waals surface area contributed by atoms with Crippen LogP contribution in [0.2, 0.25) is 0 Å². The first-order chi connectivity index (χ1) is 11.8. The lowest BCUT2D eigenvalue weighted by atomic mass is 9.86. The largest absolute Gasteiger partial charge is 0.294 e. The van der Waals surface area contributed by atoms with E-state index in [-0.39, 0.29) is 23.4 Å². The lowest BCUT2D eigenvalue weighted by Crippen LogP contribution is -2.12. The van der Waals surface area contributed by atoms with Gasteiger partial charge < -0.3 is 0 Å². The van der Waals surface area contributed by atoms with Crippen LogP contribution in [0.4, 0.5) is 0 Å². The third-order valence-corrected chi connectivity index (χ3v) is 4.47. The highest BCUT2D eigenvalue weighted by Crippen LogP contribution is 2.23. The highest BCUT2D eigenvalue weighted by atomic mass is 16.1. The van der Waals surface area contributed by atoms with Gasteiger partial charge in [0.2, 0.25) is 0 Å². The lowest BCUT2D eigenvalue weighted by molar-refractivity contribution is 0.0894. The zero-order valence-corrected chi connectivity index (χ0v) is 14.9. The molecule has 0 bridgehead atoms. The fourth-order valence-electron chi connectivity index (χ4n) is 2.87. The average Bonchev–Trinajstić information content (AvgIpc) is 2.60. The van der Waals surface area contributed by atoms with Gasteiger partial charge in [-0.1, -0.05) is 81.4 Å². The van der Waals surface area contributed by atoms with Crippen LogP contribution in [-0.4, -0.2) is 11.6 Å². The molecular weight excluding hydrogens is 308 g/mol. The molecule has 0 saturated heterocycles. The Balaban J connectivity index is 1.76. The summed E-state index contributed by atoms with van der Waals surface area (Å²) in [6.45, 7) is 6.40. The number of fused-ring (bicyclic) bond motifs is 1. The van der Waals surface area contributed by atoms with Gasteiger partial charge in [0.25, 0.3) is 0 Å². The second-order valence-electron chi connectivity index (χ2n) is 7.41. The van der Waals surface area contributed by atoms with E-state index in [0.717, 1.165) is 10.8 Å². The number of hydrogen-bond donors (Lipinski definition) is 0. The fraction of sp³-hybridized carbons (Fsp3) is 0.217. The van der Waals surface area contributed by atoms with Gasteiger partial charge in [-0.2, -0.15) is 0 Å². The van der Waals surface area contributed by atoms with Gasteiger partial charge in [0.15, 0.2) is 11.6 Å². The van der Waals surface area contributed by atoms with Gasteiger partial charge in [0.1, 0.15) is 0 Å². The monoisotopic (exact) mass is 330 g/mol. The standard InChI is InChI=1S/C23H22O2/c1-23(2,3)20-12-10-17(11-13-20)21(24)15-22(25)19-9-8-16-6-4-5-7-18(16)14-19/h4-14H,15H2,1-3H3. The van der Waals surface area contributed by atoms with Crippen molar-refractivity contribution in [2.24, 2.45) is 0 Å². The van der Waals surface area contributed by atoms with E-state index in [1.807, 2.05) is 60.7 Å². The third kappa shape index (κ3) is 3.85. The molecule has 3 aromatic carbocycles. The summed E-state index contributed by atoms with van der Waals surface area (Å²) in [4.78, 5) is 24.9. The van der Waals surface area contributed by atoms with E-state index in [1.54, 1.807) is 6.07 Å². The molecule has 3 rings (SSSR count). The van der Waals surface area contributed by atoms with Gasteiger partial charge >= 0.3 is 0 Å². The Morgan fingerprint density at radius 1 is 0.720 bits per heavy atom. The number of carbonyl (C=O) groups excluding carboxylic acids is 2. The van der Waals surface area contributed by atoms with E-state index in [9.17, 15) is 9.59 Å². The van der Waals surface area contributed by atoms with Crippen molar-refractivity contribution in [3.63, 3.8) is 0 Å². The Morgan fingerprint density at radius 2 is 1.28 bits per heavy atom. The zero-order chi connectivity index (χ0) is 18.0. The minimum Gasteiger partial charge on any atom is -0.294 e. The van der Waals surface area contributed by atoms with Crippen LogP contribution in [0.15, 0.2) is 66.7 Å². The normalized spacial score (nSPS) is 11.5. The topological polar surface area (TPSA) is 34.1 Å². The average molecular weight is 330 g/mol. The molecule has 3 aromatic rings. The van der Waals surface area contributed by atoms with Crippen molar-refractivity contribution in [3.8, 4) is 0 Å². The summed E-state index contributed by atoms with van der Waals surface area (Å²) in [5.74, 6) is -0.283. The van der Waals surface area contributed by atoms with Crippen molar-refractivity contribution in [2.45, 2.75) is 32.6 Å². The Bertz CT molecular complexity index is 928. The number of carbonyl (C=O) groups is 2.